The van der Waals surface area contributed by atoms with Gasteiger partial charge >= 0.3 is 0 Å². The lowest BCUT2D eigenvalue weighted by Gasteiger charge is -2.15. The molecule has 0 fully saturated rings. The van der Waals surface area contributed by atoms with Crippen LogP contribution < -0.4 is 4.74 Å². The van der Waals surface area contributed by atoms with Crippen molar-refractivity contribution in [3.05, 3.63) is 30.6 Å². The van der Waals surface area contributed by atoms with Gasteiger partial charge in [-0.2, -0.15) is 4.68 Å². The molecule has 2 aromatic rings. The predicted octanol–water partition coefficient (Wildman–Crippen LogP) is 1.84. The first-order valence-electron chi connectivity index (χ1n) is 5.30. The number of hydrogen-bond acceptors (Lipinski definition) is 4. The minimum atomic E-state index is 0.178. The molecule has 16 heavy (non-hydrogen) atoms. The van der Waals surface area contributed by atoms with Crippen molar-refractivity contribution in [1.82, 2.24) is 20.2 Å². The van der Waals surface area contributed by atoms with E-state index in [9.17, 15) is 0 Å². The Morgan fingerprint density at radius 2 is 2.19 bits per heavy atom. The Labute approximate surface area is 94.0 Å². The highest BCUT2D eigenvalue weighted by Crippen LogP contribution is 2.22. The Bertz CT molecular complexity index is 441. The third kappa shape index (κ3) is 2.18. The van der Waals surface area contributed by atoms with Crippen molar-refractivity contribution in [3.63, 3.8) is 0 Å². The van der Waals surface area contributed by atoms with Crippen molar-refractivity contribution in [2.75, 3.05) is 0 Å². The third-order valence-electron chi connectivity index (χ3n) is 2.36. The number of para-hydroxylation sites is 2. The fourth-order valence-corrected chi connectivity index (χ4v) is 1.32. The first-order chi connectivity index (χ1) is 7.81. The number of hydrogen-bond donors (Lipinski definition) is 0. The van der Waals surface area contributed by atoms with E-state index < -0.39 is 0 Å². The summed E-state index contributed by atoms with van der Waals surface area (Å²) in [5, 5.41) is 11.1. The average molecular weight is 218 g/mol. The Balaban J connectivity index is 2.31. The van der Waals surface area contributed by atoms with E-state index in [4.69, 9.17) is 4.74 Å². The van der Waals surface area contributed by atoms with Crippen LogP contribution >= 0.6 is 0 Å². The molecule has 1 atom stereocenters. The third-order valence-corrected chi connectivity index (χ3v) is 2.36. The van der Waals surface area contributed by atoms with Gasteiger partial charge in [-0.05, 0) is 35.9 Å². The minimum Gasteiger partial charge on any atom is -0.488 e. The molecule has 2 rings (SSSR count). The van der Waals surface area contributed by atoms with Gasteiger partial charge in [0.05, 0.1) is 6.10 Å². The van der Waals surface area contributed by atoms with Gasteiger partial charge in [0.2, 0.25) is 0 Å². The summed E-state index contributed by atoms with van der Waals surface area (Å²) in [6.45, 7) is 4.13. The minimum absolute atomic E-state index is 0.178. The highest BCUT2D eigenvalue weighted by molar-refractivity contribution is 5.45. The van der Waals surface area contributed by atoms with Crippen LogP contribution in [0.3, 0.4) is 0 Å². The molecule has 0 amide bonds. The molecular weight excluding hydrogens is 204 g/mol. The Morgan fingerprint density at radius 1 is 1.38 bits per heavy atom. The van der Waals surface area contributed by atoms with E-state index in [1.54, 1.807) is 11.0 Å². The zero-order chi connectivity index (χ0) is 11.4. The summed E-state index contributed by atoms with van der Waals surface area (Å²) in [5.41, 5.74) is 0.854. The fraction of sp³-hybridized carbons (Fsp3) is 0.364. The second-order valence-electron chi connectivity index (χ2n) is 3.56. The van der Waals surface area contributed by atoms with Crippen molar-refractivity contribution >= 4 is 0 Å². The van der Waals surface area contributed by atoms with Crippen LogP contribution in [0, 0.1) is 0 Å². The van der Waals surface area contributed by atoms with Crippen LogP contribution in [0.25, 0.3) is 5.69 Å². The van der Waals surface area contributed by atoms with Crippen molar-refractivity contribution in [2.24, 2.45) is 0 Å². The molecule has 84 valence electrons. The highest BCUT2D eigenvalue weighted by Gasteiger charge is 2.08. The van der Waals surface area contributed by atoms with Gasteiger partial charge in [-0.15, -0.1) is 5.10 Å². The van der Waals surface area contributed by atoms with Gasteiger partial charge in [0.25, 0.3) is 0 Å². The summed E-state index contributed by atoms with van der Waals surface area (Å²) in [4.78, 5) is 0. The number of nitrogens with zero attached hydrogens (tertiary/aromatic N) is 4. The number of tetrazole rings is 1. The van der Waals surface area contributed by atoms with E-state index in [-0.39, 0.29) is 6.10 Å². The molecular formula is C11H14N4O. The van der Waals surface area contributed by atoms with E-state index in [1.807, 2.05) is 31.2 Å². The molecule has 0 saturated carbocycles. The van der Waals surface area contributed by atoms with E-state index in [1.165, 1.54) is 0 Å². The van der Waals surface area contributed by atoms with E-state index in [0.29, 0.717) is 0 Å². The summed E-state index contributed by atoms with van der Waals surface area (Å²) in [5.74, 6) is 0.796. The first-order valence-corrected chi connectivity index (χ1v) is 5.30. The second-order valence-corrected chi connectivity index (χ2v) is 3.56. The van der Waals surface area contributed by atoms with Gasteiger partial charge in [-0.25, -0.2) is 0 Å². The topological polar surface area (TPSA) is 52.8 Å². The van der Waals surface area contributed by atoms with Crippen LogP contribution in [-0.2, 0) is 0 Å². The Kier molecular flexibility index (Phi) is 3.14. The summed E-state index contributed by atoms with van der Waals surface area (Å²) >= 11 is 0. The van der Waals surface area contributed by atoms with Crippen molar-refractivity contribution in [2.45, 2.75) is 26.4 Å². The maximum atomic E-state index is 5.80. The molecule has 5 heteroatoms. The lowest BCUT2D eigenvalue weighted by molar-refractivity contribution is 0.216. The van der Waals surface area contributed by atoms with E-state index in [0.717, 1.165) is 17.9 Å². The predicted molar refractivity (Wildman–Crippen MR) is 59.5 cm³/mol. The molecule has 0 radical (unpaired) electrons. The maximum Gasteiger partial charge on any atom is 0.145 e. The molecule has 1 aromatic heterocycles. The Hall–Kier alpha value is -1.91. The monoisotopic (exact) mass is 218 g/mol. The van der Waals surface area contributed by atoms with Gasteiger partial charge in [-0.3, -0.25) is 0 Å². The molecule has 0 aliphatic carbocycles. The van der Waals surface area contributed by atoms with Crippen molar-refractivity contribution < 1.29 is 4.74 Å². The van der Waals surface area contributed by atoms with Gasteiger partial charge in [0.15, 0.2) is 0 Å². The molecule has 0 saturated heterocycles. The molecule has 0 aliphatic heterocycles. The first kappa shape index (κ1) is 10.6. The van der Waals surface area contributed by atoms with Crippen LogP contribution in [0.2, 0.25) is 0 Å². The normalized spacial score (nSPS) is 12.4. The van der Waals surface area contributed by atoms with E-state index in [2.05, 4.69) is 22.4 Å². The molecule has 1 heterocycles. The van der Waals surface area contributed by atoms with Crippen LogP contribution in [0.4, 0.5) is 0 Å². The van der Waals surface area contributed by atoms with Crippen LogP contribution in [-0.4, -0.2) is 26.3 Å². The fourth-order valence-electron chi connectivity index (χ4n) is 1.32. The largest absolute Gasteiger partial charge is 0.488 e. The molecule has 0 N–H and O–H groups in total. The van der Waals surface area contributed by atoms with Gasteiger partial charge in [0.1, 0.15) is 17.8 Å². The van der Waals surface area contributed by atoms with Crippen LogP contribution in [0.5, 0.6) is 5.75 Å². The summed E-state index contributed by atoms with van der Waals surface area (Å²) < 4.78 is 7.40. The zero-order valence-corrected chi connectivity index (χ0v) is 9.37. The van der Waals surface area contributed by atoms with Gasteiger partial charge < -0.3 is 4.74 Å². The number of benzene rings is 1. The number of aromatic nitrogens is 4. The summed E-state index contributed by atoms with van der Waals surface area (Å²) in [6.07, 6.45) is 2.69. The van der Waals surface area contributed by atoms with E-state index >= 15 is 0 Å². The van der Waals surface area contributed by atoms with Crippen LogP contribution in [0.15, 0.2) is 30.6 Å². The highest BCUT2D eigenvalue weighted by atomic mass is 16.5. The lowest BCUT2D eigenvalue weighted by Crippen LogP contribution is -2.11. The molecule has 0 spiro atoms. The van der Waals surface area contributed by atoms with Crippen molar-refractivity contribution in [3.8, 4) is 11.4 Å². The van der Waals surface area contributed by atoms with Crippen molar-refractivity contribution in [1.29, 1.82) is 0 Å². The Morgan fingerprint density at radius 3 is 2.88 bits per heavy atom. The molecule has 1 unspecified atom stereocenters. The van der Waals surface area contributed by atoms with Crippen LogP contribution in [0.1, 0.15) is 20.3 Å². The number of rotatable bonds is 4. The summed E-state index contributed by atoms with van der Waals surface area (Å²) in [7, 11) is 0. The smallest absolute Gasteiger partial charge is 0.145 e. The second kappa shape index (κ2) is 4.74. The lowest BCUT2D eigenvalue weighted by atomic mass is 10.2. The standard InChI is InChI=1S/C11H14N4O/c1-3-9(2)16-11-7-5-4-6-10(11)15-8-12-13-14-15/h4-9H,3H2,1-2H3. The van der Waals surface area contributed by atoms with Gasteiger partial charge in [0, 0.05) is 0 Å². The number of ether oxygens (including phenoxy) is 1. The molecule has 0 bridgehead atoms. The molecule has 1 aromatic carbocycles. The summed E-state index contributed by atoms with van der Waals surface area (Å²) in [6, 6.07) is 7.71. The zero-order valence-electron chi connectivity index (χ0n) is 9.37. The quantitative estimate of drug-likeness (QED) is 0.785. The molecule has 5 nitrogen and oxygen atoms in total. The SMILES string of the molecule is CCC(C)Oc1ccccc1-n1cnnn1. The average Bonchev–Trinajstić information content (AvgIpc) is 2.83. The molecule has 0 aliphatic rings. The maximum absolute atomic E-state index is 5.80. The van der Waals surface area contributed by atoms with Gasteiger partial charge in [-0.1, -0.05) is 19.1 Å².